The predicted molar refractivity (Wildman–Crippen MR) is 65.6 cm³/mol. The predicted octanol–water partition coefficient (Wildman–Crippen LogP) is 2.99. The lowest BCUT2D eigenvalue weighted by atomic mass is 10.1. The minimum Gasteiger partial charge on any atom is -0.497 e. The Morgan fingerprint density at radius 2 is 2.06 bits per heavy atom. The third-order valence-electron chi connectivity index (χ3n) is 2.26. The van der Waals surface area contributed by atoms with Gasteiger partial charge in [-0.2, -0.15) is 0 Å². The number of halogens is 1. The van der Waals surface area contributed by atoms with Crippen molar-refractivity contribution in [3.05, 3.63) is 41.6 Å². The summed E-state index contributed by atoms with van der Waals surface area (Å²) < 4.78 is 5.13. The van der Waals surface area contributed by atoms with Crippen molar-refractivity contribution in [1.29, 1.82) is 0 Å². The van der Waals surface area contributed by atoms with Crippen LogP contribution in [0, 0.1) is 0 Å². The number of nitrogens with two attached hydrogens (primary N) is 1. The number of nitrogen functional groups attached to an aromatic ring is 1. The van der Waals surface area contributed by atoms with Crippen molar-refractivity contribution >= 4 is 17.3 Å². The maximum atomic E-state index is 5.86. The Bertz CT molecular complexity index is 514. The molecule has 1 aromatic heterocycles. The van der Waals surface area contributed by atoms with E-state index in [4.69, 9.17) is 22.1 Å². The summed E-state index contributed by atoms with van der Waals surface area (Å²) in [4.78, 5) is 4.25. The van der Waals surface area contributed by atoms with Gasteiger partial charge in [0.05, 0.1) is 23.5 Å². The number of pyridine rings is 1. The SMILES string of the molecule is COc1ccnc(-c2ccc(Cl)c(N)c2)c1. The Balaban J connectivity index is 2.46. The van der Waals surface area contributed by atoms with E-state index in [1.807, 2.05) is 12.1 Å². The Morgan fingerprint density at radius 1 is 1.25 bits per heavy atom. The molecule has 3 nitrogen and oxygen atoms in total. The van der Waals surface area contributed by atoms with E-state index in [0.717, 1.165) is 17.0 Å². The zero-order chi connectivity index (χ0) is 11.5. The summed E-state index contributed by atoms with van der Waals surface area (Å²) in [6.07, 6.45) is 1.69. The van der Waals surface area contributed by atoms with Crippen LogP contribution in [0.15, 0.2) is 36.5 Å². The molecule has 0 bridgehead atoms. The van der Waals surface area contributed by atoms with Gasteiger partial charge in [0, 0.05) is 17.8 Å². The highest BCUT2D eigenvalue weighted by Crippen LogP contribution is 2.27. The van der Waals surface area contributed by atoms with Crippen molar-refractivity contribution < 1.29 is 4.74 Å². The standard InChI is InChI=1S/C12H11ClN2O/c1-16-9-4-5-15-12(7-9)8-2-3-10(13)11(14)6-8/h2-7H,14H2,1H3. The quantitative estimate of drug-likeness (QED) is 0.813. The highest BCUT2D eigenvalue weighted by Gasteiger charge is 2.03. The largest absolute Gasteiger partial charge is 0.497 e. The molecule has 4 heteroatoms. The number of aromatic nitrogens is 1. The molecule has 2 rings (SSSR count). The first-order valence-corrected chi connectivity index (χ1v) is 5.14. The Labute approximate surface area is 98.8 Å². The molecule has 0 amide bonds. The smallest absolute Gasteiger partial charge is 0.122 e. The zero-order valence-corrected chi connectivity index (χ0v) is 9.53. The van der Waals surface area contributed by atoms with Gasteiger partial charge in [0.1, 0.15) is 5.75 Å². The van der Waals surface area contributed by atoms with E-state index in [0.29, 0.717) is 10.7 Å². The summed E-state index contributed by atoms with van der Waals surface area (Å²) >= 11 is 5.86. The lowest BCUT2D eigenvalue weighted by Crippen LogP contribution is -1.90. The molecule has 0 radical (unpaired) electrons. The molecule has 82 valence electrons. The molecular weight excluding hydrogens is 224 g/mol. The maximum Gasteiger partial charge on any atom is 0.122 e. The van der Waals surface area contributed by atoms with Gasteiger partial charge in [0.2, 0.25) is 0 Å². The number of anilines is 1. The topological polar surface area (TPSA) is 48.1 Å². The molecule has 0 saturated carbocycles. The first-order valence-electron chi connectivity index (χ1n) is 4.76. The van der Waals surface area contributed by atoms with Crippen molar-refractivity contribution in [2.24, 2.45) is 0 Å². The van der Waals surface area contributed by atoms with Crippen LogP contribution in [0.25, 0.3) is 11.3 Å². The van der Waals surface area contributed by atoms with Gasteiger partial charge in [-0.3, -0.25) is 4.98 Å². The van der Waals surface area contributed by atoms with Crippen LogP contribution in [-0.2, 0) is 0 Å². The minimum absolute atomic E-state index is 0.545. The molecule has 1 heterocycles. The molecule has 0 saturated heterocycles. The third kappa shape index (κ3) is 2.09. The fourth-order valence-corrected chi connectivity index (χ4v) is 1.52. The van der Waals surface area contributed by atoms with Crippen LogP contribution in [-0.4, -0.2) is 12.1 Å². The van der Waals surface area contributed by atoms with Gasteiger partial charge in [0.15, 0.2) is 0 Å². The number of hydrogen-bond donors (Lipinski definition) is 1. The van der Waals surface area contributed by atoms with Crippen molar-refractivity contribution in [2.45, 2.75) is 0 Å². The van der Waals surface area contributed by atoms with E-state index in [2.05, 4.69) is 4.98 Å². The van der Waals surface area contributed by atoms with Crippen molar-refractivity contribution in [2.75, 3.05) is 12.8 Å². The first-order chi connectivity index (χ1) is 7.70. The van der Waals surface area contributed by atoms with Crippen LogP contribution in [0.4, 0.5) is 5.69 Å². The molecule has 2 N–H and O–H groups in total. The monoisotopic (exact) mass is 234 g/mol. The number of hydrogen-bond acceptors (Lipinski definition) is 3. The average Bonchev–Trinajstić information content (AvgIpc) is 2.33. The van der Waals surface area contributed by atoms with Gasteiger partial charge in [-0.05, 0) is 18.2 Å². The molecule has 0 unspecified atom stereocenters. The fourth-order valence-electron chi connectivity index (χ4n) is 1.40. The summed E-state index contributed by atoms with van der Waals surface area (Å²) in [6.45, 7) is 0. The molecule has 2 aromatic rings. The Morgan fingerprint density at radius 3 is 2.75 bits per heavy atom. The highest BCUT2D eigenvalue weighted by atomic mass is 35.5. The van der Waals surface area contributed by atoms with Crippen molar-refractivity contribution in [3.63, 3.8) is 0 Å². The molecule has 0 aliphatic heterocycles. The van der Waals surface area contributed by atoms with Gasteiger partial charge >= 0.3 is 0 Å². The summed E-state index contributed by atoms with van der Waals surface area (Å²) in [6, 6.07) is 9.07. The van der Waals surface area contributed by atoms with Crippen LogP contribution in [0.2, 0.25) is 5.02 Å². The lowest BCUT2D eigenvalue weighted by molar-refractivity contribution is 0.414. The van der Waals surface area contributed by atoms with E-state index >= 15 is 0 Å². The minimum atomic E-state index is 0.545. The summed E-state index contributed by atoms with van der Waals surface area (Å²) in [5.41, 5.74) is 8.01. The molecule has 0 atom stereocenters. The second-order valence-electron chi connectivity index (χ2n) is 3.32. The van der Waals surface area contributed by atoms with Gasteiger partial charge in [-0.1, -0.05) is 17.7 Å². The number of nitrogens with zero attached hydrogens (tertiary/aromatic N) is 1. The van der Waals surface area contributed by atoms with Crippen LogP contribution >= 0.6 is 11.6 Å². The van der Waals surface area contributed by atoms with Crippen LogP contribution in [0.1, 0.15) is 0 Å². The second-order valence-corrected chi connectivity index (χ2v) is 3.72. The summed E-state index contributed by atoms with van der Waals surface area (Å²) in [5, 5.41) is 0.548. The van der Waals surface area contributed by atoms with Crippen LogP contribution in [0.3, 0.4) is 0 Å². The van der Waals surface area contributed by atoms with E-state index in [1.54, 1.807) is 31.5 Å². The van der Waals surface area contributed by atoms with Crippen molar-refractivity contribution in [3.8, 4) is 17.0 Å². The van der Waals surface area contributed by atoms with Gasteiger partial charge in [-0.15, -0.1) is 0 Å². The van der Waals surface area contributed by atoms with E-state index in [-0.39, 0.29) is 0 Å². The molecule has 0 aliphatic carbocycles. The van der Waals surface area contributed by atoms with Gasteiger partial charge in [0.25, 0.3) is 0 Å². The Kier molecular flexibility index (Phi) is 2.97. The second kappa shape index (κ2) is 4.41. The molecule has 0 aliphatic rings. The molecule has 0 spiro atoms. The van der Waals surface area contributed by atoms with E-state index in [9.17, 15) is 0 Å². The van der Waals surface area contributed by atoms with Crippen molar-refractivity contribution in [1.82, 2.24) is 4.98 Å². The van der Waals surface area contributed by atoms with E-state index < -0.39 is 0 Å². The van der Waals surface area contributed by atoms with E-state index in [1.165, 1.54) is 0 Å². The maximum absolute atomic E-state index is 5.86. The van der Waals surface area contributed by atoms with Gasteiger partial charge in [-0.25, -0.2) is 0 Å². The third-order valence-corrected chi connectivity index (χ3v) is 2.60. The van der Waals surface area contributed by atoms with Crippen LogP contribution < -0.4 is 10.5 Å². The highest BCUT2D eigenvalue weighted by molar-refractivity contribution is 6.33. The first kappa shape index (κ1) is 10.8. The fraction of sp³-hybridized carbons (Fsp3) is 0.0833. The normalized spacial score (nSPS) is 10.1. The number of ether oxygens (including phenoxy) is 1. The van der Waals surface area contributed by atoms with Crippen LogP contribution in [0.5, 0.6) is 5.75 Å². The zero-order valence-electron chi connectivity index (χ0n) is 8.77. The number of methoxy groups -OCH3 is 1. The molecular formula is C12H11ClN2O. The summed E-state index contributed by atoms with van der Waals surface area (Å²) in [5.74, 6) is 0.763. The molecule has 0 fully saturated rings. The average molecular weight is 235 g/mol. The molecule has 1 aromatic carbocycles. The lowest BCUT2D eigenvalue weighted by Gasteiger charge is -2.05. The number of rotatable bonds is 2. The number of benzene rings is 1. The Hall–Kier alpha value is -1.74. The van der Waals surface area contributed by atoms with Gasteiger partial charge < -0.3 is 10.5 Å². The summed E-state index contributed by atoms with van der Waals surface area (Å²) in [7, 11) is 1.62. The molecule has 16 heavy (non-hydrogen) atoms.